The van der Waals surface area contributed by atoms with E-state index < -0.39 is 5.91 Å². The Kier molecular flexibility index (Phi) is 3.23. The van der Waals surface area contributed by atoms with Gasteiger partial charge >= 0.3 is 0 Å². The van der Waals surface area contributed by atoms with Gasteiger partial charge in [-0.3, -0.25) is 4.79 Å². The van der Waals surface area contributed by atoms with E-state index in [0.29, 0.717) is 0 Å². The van der Waals surface area contributed by atoms with Crippen molar-refractivity contribution in [3.8, 4) is 0 Å². The van der Waals surface area contributed by atoms with Gasteiger partial charge in [0.05, 0.1) is 5.52 Å². The van der Waals surface area contributed by atoms with Crippen molar-refractivity contribution in [2.75, 3.05) is 19.0 Å². The molecule has 92 valence electrons. The minimum absolute atomic E-state index is 0.466. The molecule has 2 aromatic rings. The molecule has 0 aliphatic carbocycles. The molecule has 1 heterocycles. The van der Waals surface area contributed by atoms with Gasteiger partial charge < -0.3 is 10.6 Å². The molecule has 18 heavy (non-hydrogen) atoms. The van der Waals surface area contributed by atoms with Crippen LogP contribution in [0, 0.1) is 0 Å². The Morgan fingerprint density at radius 1 is 1.33 bits per heavy atom. The zero-order valence-electron chi connectivity index (χ0n) is 10.3. The highest BCUT2D eigenvalue weighted by molar-refractivity contribution is 5.93. The normalized spacial score (nSPS) is 11.0. The molecule has 2 N–H and O–H groups in total. The molecule has 0 aliphatic rings. The molecule has 1 aromatic carbocycles. The summed E-state index contributed by atoms with van der Waals surface area (Å²) >= 11 is 0. The van der Waals surface area contributed by atoms with Crippen LogP contribution in [0.2, 0.25) is 0 Å². The summed E-state index contributed by atoms with van der Waals surface area (Å²) in [5, 5.41) is 0.939. The largest absolute Gasteiger partial charge is 0.366 e. The van der Waals surface area contributed by atoms with Crippen molar-refractivity contribution >= 4 is 28.7 Å². The van der Waals surface area contributed by atoms with E-state index in [0.717, 1.165) is 22.3 Å². The lowest BCUT2D eigenvalue weighted by Gasteiger charge is -2.13. The van der Waals surface area contributed by atoms with Crippen molar-refractivity contribution in [3.05, 3.63) is 36.2 Å². The molecular formula is C13H14N4O. The van der Waals surface area contributed by atoms with Gasteiger partial charge in [0.25, 0.3) is 0 Å². The standard InChI is InChI=1S/C13H14N4O/c1-17(2)13-10-7-9(4-6-12(14)18)3-5-11(10)15-8-16-13/h3-8H,1-2H3,(H2,14,18). The van der Waals surface area contributed by atoms with Crippen LogP contribution in [0.15, 0.2) is 30.6 Å². The fourth-order valence-corrected chi connectivity index (χ4v) is 1.70. The molecule has 0 bridgehead atoms. The van der Waals surface area contributed by atoms with Gasteiger partial charge in [0.1, 0.15) is 12.1 Å². The molecule has 0 aliphatic heterocycles. The third-order valence-corrected chi connectivity index (χ3v) is 2.50. The molecule has 0 saturated heterocycles. The van der Waals surface area contributed by atoms with Gasteiger partial charge in [-0.05, 0) is 23.8 Å². The maximum Gasteiger partial charge on any atom is 0.241 e. The predicted molar refractivity (Wildman–Crippen MR) is 72.1 cm³/mol. The highest BCUT2D eigenvalue weighted by Gasteiger charge is 2.05. The topological polar surface area (TPSA) is 72.1 Å². The second-order valence-corrected chi connectivity index (χ2v) is 4.10. The first-order chi connectivity index (χ1) is 8.58. The molecule has 0 saturated carbocycles. The second-order valence-electron chi connectivity index (χ2n) is 4.10. The maximum atomic E-state index is 10.7. The lowest BCUT2D eigenvalue weighted by molar-refractivity contribution is -0.113. The van der Waals surface area contributed by atoms with Crippen molar-refractivity contribution in [3.63, 3.8) is 0 Å². The summed E-state index contributed by atoms with van der Waals surface area (Å²) < 4.78 is 0. The summed E-state index contributed by atoms with van der Waals surface area (Å²) in [6, 6.07) is 5.71. The first-order valence-corrected chi connectivity index (χ1v) is 5.47. The molecule has 5 nitrogen and oxygen atoms in total. The van der Waals surface area contributed by atoms with E-state index in [1.54, 1.807) is 6.08 Å². The summed E-state index contributed by atoms with van der Waals surface area (Å²) in [7, 11) is 3.85. The molecule has 0 spiro atoms. The Morgan fingerprint density at radius 3 is 2.78 bits per heavy atom. The van der Waals surface area contributed by atoms with Crippen LogP contribution in [-0.2, 0) is 4.79 Å². The lowest BCUT2D eigenvalue weighted by atomic mass is 10.1. The Hall–Kier alpha value is -2.43. The van der Waals surface area contributed by atoms with Crippen LogP contribution in [0.1, 0.15) is 5.56 Å². The summed E-state index contributed by atoms with van der Waals surface area (Å²) in [5.41, 5.74) is 6.83. The van der Waals surface area contributed by atoms with Crippen LogP contribution in [-0.4, -0.2) is 30.0 Å². The van der Waals surface area contributed by atoms with E-state index in [1.165, 1.54) is 12.4 Å². The molecule has 1 amide bonds. The van der Waals surface area contributed by atoms with E-state index in [-0.39, 0.29) is 0 Å². The quantitative estimate of drug-likeness (QED) is 0.821. The Labute approximate surface area is 105 Å². The third-order valence-electron chi connectivity index (χ3n) is 2.50. The van der Waals surface area contributed by atoms with Crippen LogP contribution in [0.25, 0.3) is 17.0 Å². The fourth-order valence-electron chi connectivity index (χ4n) is 1.70. The van der Waals surface area contributed by atoms with E-state index in [4.69, 9.17) is 5.73 Å². The van der Waals surface area contributed by atoms with Crippen molar-refractivity contribution in [2.45, 2.75) is 0 Å². The summed E-state index contributed by atoms with van der Waals surface area (Å²) in [5.74, 6) is 0.376. The van der Waals surface area contributed by atoms with Gasteiger partial charge in [-0.2, -0.15) is 0 Å². The van der Waals surface area contributed by atoms with E-state index >= 15 is 0 Å². The molecule has 5 heteroatoms. The SMILES string of the molecule is CN(C)c1ncnc2ccc(C=CC(N)=O)cc12. The van der Waals surface area contributed by atoms with Gasteiger partial charge in [0, 0.05) is 25.6 Å². The number of fused-ring (bicyclic) bond motifs is 1. The molecule has 0 fully saturated rings. The van der Waals surface area contributed by atoms with Gasteiger partial charge in [-0.15, -0.1) is 0 Å². The predicted octanol–water partition coefficient (Wildman–Crippen LogP) is 1.19. The molecule has 2 rings (SSSR count). The number of amides is 1. The van der Waals surface area contributed by atoms with Gasteiger partial charge in [0.2, 0.25) is 5.91 Å². The summed E-state index contributed by atoms with van der Waals surface area (Å²) in [6.45, 7) is 0. The third kappa shape index (κ3) is 2.45. The highest BCUT2D eigenvalue weighted by atomic mass is 16.1. The number of carbonyl (C=O) groups is 1. The lowest BCUT2D eigenvalue weighted by Crippen LogP contribution is -2.11. The number of anilines is 1. The van der Waals surface area contributed by atoms with Gasteiger partial charge in [-0.25, -0.2) is 9.97 Å². The Morgan fingerprint density at radius 2 is 2.11 bits per heavy atom. The van der Waals surface area contributed by atoms with E-state index in [9.17, 15) is 4.79 Å². The number of hydrogen-bond acceptors (Lipinski definition) is 4. The number of benzene rings is 1. The van der Waals surface area contributed by atoms with Crippen LogP contribution in [0.4, 0.5) is 5.82 Å². The van der Waals surface area contributed by atoms with Crippen molar-refractivity contribution in [1.82, 2.24) is 9.97 Å². The average molecular weight is 242 g/mol. The highest BCUT2D eigenvalue weighted by Crippen LogP contribution is 2.22. The van der Waals surface area contributed by atoms with Crippen LogP contribution in [0.3, 0.4) is 0 Å². The zero-order valence-corrected chi connectivity index (χ0v) is 10.3. The molecule has 1 aromatic heterocycles. The smallest absolute Gasteiger partial charge is 0.241 e. The summed E-state index contributed by atoms with van der Waals surface area (Å²) in [6.07, 6.45) is 4.55. The minimum Gasteiger partial charge on any atom is -0.366 e. The number of nitrogens with two attached hydrogens (primary N) is 1. The number of primary amides is 1. The molecule has 0 radical (unpaired) electrons. The first-order valence-electron chi connectivity index (χ1n) is 5.47. The maximum absolute atomic E-state index is 10.7. The number of rotatable bonds is 3. The zero-order chi connectivity index (χ0) is 13.1. The monoisotopic (exact) mass is 242 g/mol. The Bertz CT molecular complexity index is 619. The summed E-state index contributed by atoms with van der Waals surface area (Å²) in [4.78, 5) is 21.1. The van der Waals surface area contributed by atoms with Gasteiger partial charge in [-0.1, -0.05) is 6.07 Å². The number of nitrogens with zero attached hydrogens (tertiary/aromatic N) is 3. The minimum atomic E-state index is -0.466. The molecule has 0 unspecified atom stereocenters. The second kappa shape index (κ2) is 4.83. The van der Waals surface area contributed by atoms with Crippen molar-refractivity contribution in [1.29, 1.82) is 0 Å². The molecule has 0 atom stereocenters. The average Bonchev–Trinajstić information content (AvgIpc) is 2.35. The van der Waals surface area contributed by atoms with Gasteiger partial charge in [0.15, 0.2) is 0 Å². The van der Waals surface area contributed by atoms with Crippen molar-refractivity contribution in [2.24, 2.45) is 5.73 Å². The fraction of sp³-hybridized carbons (Fsp3) is 0.154. The van der Waals surface area contributed by atoms with E-state index in [2.05, 4.69) is 9.97 Å². The van der Waals surface area contributed by atoms with Crippen LogP contribution in [0.5, 0.6) is 0 Å². The van der Waals surface area contributed by atoms with Crippen LogP contribution < -0.4 is 10.6 Å². The first kappa shape index (κ1) is 12.0. The van der Waals surface area contributed by atoms with E-state index in [1.807, 2.05) is 37.2 Å². The molecular weight excluding hydrogens is 228 g/mol. The van der Waals surface area contributed by atoms with Crippen molar-refractivity contribution < 1.29 is 4.79 Å². The number of carbonyl (C=O) groups excluding carboxylic acids is 1. The van der Waals surface area contributed by atoms with Crippen LogP contribution >= 0.6 is 0 Å². The number of aromatic nitrogens is 2. The number of hydrogen-bond donors (Lipinski definition) is 1. The Balaban J connectivity index is 2.55.